The van der Waals surface area contributed by atoms with Gasteiger partial charge in [-0.3, -0.25) is 0 Å². The SMILES string of the molecule is COc1ccc(C(C)(C)CNC(C)C)cc1OC. The summed E-state index contributed by atoms with van der Waals surface area (Å²) in [5.41, 5.74) is 1.30. The van der Waals surface area contributed by atoms with Crippen LogP contribution in [0.3, 0.4) is 0 Å². The number of methoxy groups -OCH3 is 2. The molecule has 3 heteroatoms. The Balaban J connectivity index is 2.94. The van der Waals surface area contributed by atoms with Gasteiger partial charge in [-0.15, -0.1) is 0 Å². The molecule has 1 aromatic rings. The van der Waals surface area contributed by atoms with E-state index in [0.717, 1.165) is 18.0 Å². The van der Waals surface area contributed by atoms with Crippen LogP contribution >= 0.6 is 0 Å². The van der Waals surface area contributed by atoms with Gasteiger partial charge in [0.25, 0.3) is 0 Å². The largest absolute Gasteiger partial charge is 0.493 e. The third-order valence-electron chi connectivity index (χ3n) is 3.12. The molecule has 0 atom stereocenters. The molecule has 0 bridgehead atoms. The number of benzene rings is 1. The molecule has 102 valence electrons. The lowest BCUT2D eigenvalue weighted by molar-refractivity contribution is 0.352. The van der Waals surface area contributed by atoms with E-state index in [0.29, 0.717) is 6.04 Å². The smallest absolute Gasteiger partial charge is 0.161 e. The summed E-state index contributed by atoms with van der Waals surface area (Å²) >= 11 is 0. The molecule has 0 amide bonds. The Kier molecular flexibility index (Phi) is 5.03. The minimum Gasteiger partial charge on any atom is -0.493 e. The molecule has 0 unspecified atom stereocenters. The van der Waals surface area contributed by atoms with Crippen LogP contribution in [0.25, 0.3) is 0 Å². The molecule has 3 nitrogen and oxygen atoms in total. The van der Waals surface area contributed by atoms with Gasteiger partial charge in [-0.05, 0) is 17.7 Å². The lowest BCUT2D eigenvalue weighted by Crippen LogP contribution is -2.36. The van der Waals surface area contributed by atoms with E-state index in [4.69, 9.17) is 9.47 Å². The zero-order valence-electron chi connectivity index (χ0n) is 12.3. The van der Waals surface area contributed by atoms with Gasteiger partial charge in [0.15, 0.2) is 11.5 Å². The molecule has 18 heavy (non-hydrogen) atoms. The zero-order chi connectivity index (χ0) is 13.8. The lowest BCUT2D eigenvalue weighted by atomic mass is 9.84. The van der Waals surface area contributed by atoms with Gasteiger partial charge < -0.3 is 14.8 Å². The Labute approximate surface area is 110 Å². The summed E-state index contributed by atoms with van der Waals surface area (Å²) in [6.45, 7) is 9.70. The van der Waals surface area contributed by atoms with E-state index in [1.54, 1.807) is 14.2 Å². The molecular formula is C15H25NO2. The predicted octanol–water partition coefficient (Wildman–Crippen LogP) is 2.98. The molecule has 0 aliphatic carbocycles. The number of rotatable bonds is 6. The van der Waals surface area contributed by atoms with Crippen LogP contribution < -0.4 is 14.8 Å². The van der Waals surface area contributed by atoms with E-state index in [1.165, 1.54) is 5.56 Å². The van der Waals surface area contributed by atoms with Gasteiger partial charge in [-0.1, -0.05) is 33.8 Å². The highest BCUT2D eigenvalue weighted by molar-refractivity contribution is 5.45. The molecule has 0 aliphatic heterocycles. The normalized spacial score (nSPS) is 11.7. The van der Waals surface area contributed by atoms with Crippen molar-refractivity contribution in [1.29, 1.82) is 0 Å². The molecular weight excluding hydrogens is 226 g/mol. The summed E-state index contributed by atoms with van der Waals surface area (Å²) in [7, 11) is 3.32. The van der Waals surface area contributed by atoms with Gasteiger partial charge in [0.2, 0.25) is 0 Å². The quantitative estimate of drug-likeness (QED) is 0.843. The van der Waals surface area contributed by atoms with Crippen LogP contribution in [0.1, 0.15) is 33.3 Å². The molecule has 0 spiro atoms. The fraction of sp³-hybridized carbons (Fsp3) is 0.600. The van der Waals surface area contributed by atoms with E-state index in [9.17, 15) is 0 Å². The third-order valence-corrected chi connectivity index (χ3v) is 3.12. The Hall–Kier alpha value is -1.22. The first-order chi connectivity index (χ1) is 8.40. The second-order valence-electron chi connectivity index (χ2n) is 5.49. The summed E-state index contributed by atoms with van der Waals surface area (Å²) in [5.74, 6) is 1.56. The minimum atomic E-state index is 0.0593. The van der Waals surface area contributed by atoms with Crippen molar-refractivity contribution < 1.29 is 9.47 Å². The van der Waals surface area contributed by atoms with E-state index in [2.05, 4.69) is 45.1 Å². The van der Waals surface area contributed by atoms with E-state index in [-0.39, 0.29) is 5.41 Å². The molecule has 1 aromatic carbocycles. The van der Waals surface area contributed by atoms with Gasteiger partial charge >= 0.3 is 0 Å². The van der Waals surface area contributed by atoms with Crippen LogP contribution in [0.5, 0.6) is 11.5 Å². The second kappa shape index (κ2) is 6.10. The Bertz CT molecular complexity index is 386. The molecule has 0 aliphatic rings. The van der Waals surface area contributed by atoms with Crippen molar-refractivity contribution in [2.45, 2.75) is 39.2 Å². The van der Waals surface area contributed by atoms with Gasteiger partial charge in [0, 0.05) is 18.0 Å². The minimum absolute atomic E-state index is 0.0593. The summed E-state index contributed by atoms with van der Waals surface area (Å²) in [4.78, 5) is 0. The first-order valence-corrected chi connectivity index (χ1v) is 6.36. The van der Waals surface area contributed by atoms with Gasteiger partial charge in [0.05, 0.1) is 14.2 Å². The van der Waals surface area contributed by atoms with Crippen molar-refractivity contribution >= 4 is 0 Å². The maximum atomic E-state index is 5.35. The standard InChI is InChI=1S/C15H25NO2/c1-11(2)16-10-15(3,4)12-7-8-13(17-5)14(9-12)18-6/h7-9,11,16H,10H2,1-6H3. The van der Waals surface area contributed by atoms with Crippen molar-refractivity contribution in [3.63, 3.8) is 0 Å². The molecule has 0 aromatic heterocycles. The van der Waals surface area contributed by atoms with Crippen LogP contribution in [0, 0.1) is 0 Å². The first-order valence-electron chi connectivity index (χ1n) is 6.36. The van der Waals surface area contributed by atoms with Crippen LogP contribution in [-0.2, 0) is 5.41 Å². The number of nitrogens with one attached hydrogen (secondary N) is 1. The van der Waals surface area contributed by atoms with Gasteiger partial charge in [-0.25, -0.2) is 0 Å². The third kappa shape index (κ3) is 3.64. The summed E-state index contributed by atoms with van der Waals surface area (Å²) in [5, 5.41) is 3.48. The Morgan fingerprint density at radius 2 is 1.72 bits per heavy atom. The van der Waals surface area contributed by atoms with E-state index >= 15 is 0 Å². The van der Waals surface area contributed by atoms with Crippen molar-refractivity contribution in [2.75, 3.05) is 20.8 Å². The second-order valence-corrected chi connectivity index (χ2v) is 5.49. The van der Waals surface area contributed by atoms with Crippen molar-refractivity contribution in [1.82, 2.24) is 5.32 Å². The topological polar surface area (TPSA) is 30.5 Å². The van der Waals surface area contributed by atoms with Gasteiger partial charge in [-0.2, -0.15) is 0 Å². The number of hydrogen-bond donors (Lipinski definition) is 1. The van der Waals surface area contributed by atoms with Gasteiger partial charge in [0.1, 0.15) is 0 Å². The fourth-order valence-corrected chi connectivity index (χ4v) is 1.82. The molecule has 0 saturated heterocycles. The summed E-state index contributed by atoms with van der Waals surface area (Å²) < 4.78 is 10.6. The zero-order valence-corrected chi connectivity index (χ0v) is 12.3. The van der Waals surface area contributed by atoms with E-state index in [1.807, 2.05) is 6.07 Å². The molecule has 0 fully saturated rings. The number of hydrogen-bond acceptors (Lipinski definition) is 3. The summed E-state index contributed by atoms with van der Waals surface area (Å²) in [6.07, 6.45) is 0. The molecule has 1 N–H and O–H groups in total. The average Bonchev–Trinajstić information content (AvgIpc) is 2.35. The Morgan fingerprint density at radius 3 is 2.22 bits per heavy atom. The Morgan fingerprint density at radius 1 is 1.11 bits per heavy atom. The van der Waals surface area contributed by atoms with Crippen molar-refractivity contribution in [2.24, 2.45) is 0 Å². The van der Waals surface area contributed by atoms with Crippen LogP contribution in [0.15, 0.2) is 18.2 Å². The highest BCUT2D eigenvalue weighted by Gasteiger charge is 2.22. The van der Waals surface area contributed by atoms with Crippen LogP contribution in [-0.4, -0.2) is 26.8 Å². The van der Waals surface area contributed by atoms with Crippen molar-refractivity contribution in [3.8, 4) is 11.5 Å². The molecule has 0 heterocycles. The monoisotopic (exact) mass is 251 g/mol. The molecule has 0 radical (unpaired) electrons. The molecule has 0 saturated carbocycles. The maximum Gasteiger partial charge on any atom is 0.161 e. The lowest BCUT2D eigenvalue weighted by Gasteiger charge is -2.27. The average molecular weight is 251 g/mol. The molecule has 1 rings (SSSR count). The first kappa shape index (κ1) is 14.8. The predicted molar refractivity (Wildman–Crippen MR) is 75.7 cm³/mol. The van der Waals surface area contributed by atoms with Crippen LogP contribution in [0.4, 0.5) is 0 Å². The van der Waals surface area contributed by atoms with Crippen LogP contribution in [0.2, 0.25) is 0 Å². The highest BCUT2D eigenvalue weighted by atomic mass is 16.5. The maximum absolute atomic E-state index is 5.35. The summed E-state index contributed by atoms with van der Waals surface area (Å²) in [6, 6.07) is 6.61. The fourth-order valence-electron chi connectivity index (χ4n) is 1.82. The highest BCUT2D eigenvalue weighted by Crippen LogP contribution is 2.32. The van der Waals surface area contributed by atoms with E-state index < -0.39 is 0 Å². The van der Waals surface area contributed by atoms with Crippen molar-refractivity contribution in [3.05, 3.63) is 23.8 Å². The number of ether oxygens (including phenoxy) is 2.